The van der Waals surface area contributed by atoms with Crippen LogP contribution in [0.4, 0.5) is 0 Å². The lowest BCUT2D eigenvalue weighted by Gasteiger charge is -2.40. The Labute approximate surface area is 212 Å². The Hall–Kier alpha value is -4.53. The average Bonchev–Trinajstić information content (AvgIpc) is 2.82. The third-order valence-corrected chi connectivity index (χ3v) is 5.73. The largest absolute Gasteiger partial charge is 0.508 e. The van der Waals surface area contributed by atoms with E-state index in [0.29, 0.717) is 0 Å². The molecule has 1 fully saturated rings. The van der Waals surface area contributed by atoms with Crippen molar-refractivity contribution in [3.05, 3.63) is 40.6 Å². The number of carbonyl (C=O) groups excluding carboxylic acids is 1. The van der Waals surface area contributed by atoms with Crippen LogP contribution in [-0.4, -0.2) is 78.4 Å². The molecule has 1 aliphatic heterocycles. The lowest BCUT2D eigenvalue weighted by atomic mass is 9.99. The van der Waals surface area contributed by atoms with Crippen LogP contribution in [0.25, 0.3) is 22.3 Å². The summed E-state index contributed by atoms with van der Waals surface area (Å²) in [4.78, 5) is 35.9. The first-order chi connectivity index (χ1) is 17.9. The molecular weight excluding hydrogens is 512 g/mol. The maximum absolute atomic E-state index is 13.4. The van der Waals surface area contributed by atoms with Crippen molar-refractivity contribution in [2.45, 2.75) is 44.1 Å². The number of hydrogen-bond donors (Lipinski definition) is 7. The van der Waals surface area contributed by atoms with Crippen LogP contribution >= 0.6 is 0 Å². The Morgan fingerprint density at radius 2 is 1.68 bits per heavy atom. The van der Waals surface area contributed by atoms with E-state index in [0.717, 1.165) is 24.3 Å². The number of carboxylic acids is 1. The highest BCUT2D eigenvalue weighted by atomic mass is 16.7. The second kappa shape index (κ2) is 10.1. The zero-order valence-electron chi connectivity index (χ0n) is 19.5. The topological polar surface area (TPSA) is 234 Å². The molecule has 4 rings (SSSR count). The molecule has 0 amide bonds. The Morgan fingerprint density at radius 1 is 0.974 bits per heavy atom. The Kier molecular flexibility index (Phi) is 7.04. The van der Waals surface area contributed by atoms with E-state index in [1.807, 2.05) is 0 Å². The molecule has 0 aliphatic carbocycles. The molecule has 1 aliphatic rings. The third-order valence-electron chi connectivity index (χ3n) is 5.73. The van der Waals surface area contributed by atoms with E-state index in [9.17, 15) is 45.0 Å². The molecule has 1 aromatic heterocycles. The number of aliphatic hydroxyl groups is 2. The Morgan fingerprint density at radius 3 is 2.34 bits per heavy atom. The van der Waals surface area contributed by atoms with Crippen LogP contribution in [0.15, 0.2) is 39.5 Å². The minimum atomic E-state index is -1.93. The SMILES string of the molecule is C[C@@H]1O[C@@H](Oc2c(-c3ccc(O)c(O)c3)oc3cc(O)cc(O)c3c2=O)[C@H](O)[C@H](O)[C@H]1OC(=O)CC(=O)O. The molecule has 7 N–H and O–H groups in total. The number of aromatic hydroxyl groups is 4. The summed E-state index contributed by atoms with van der Waals surface area (Å²) in [6, 6.07) is 5.29. The van der Waals surface area contributed by atoms with Gasteiger partial charge in [-0.15, -0.1) is 0 Å². The van der Waals surface area contributed by atoms with Crippen LogP contribution < -0.4 is 10.2 Å². The molecule has 0 unspecified atom stereocenters. The van der Waals surface area contributed by atoms with Gasteiger partial charge in [-0.3, -0.25) is 14.4 Å². The van der Waals surface area contributed by atoms with Gasteiger partial charge in [-0.1, -0.05) is 0 Å². The molecule has 5 atom stereocenters. The highest BCUT2D eigenvalue weighted by Gasteiger charge is 2.47. The fourth-order valence-corrected chi connectivity index (χ4v) is 3.93. The molecule has 14 heteroatoms. The minimum Gasteiger partial charge on any atom is -0.508 e. The van der Waals surface area contributed by atoms with Gasteiger partial charge in [0.15, 0.2) is 23.4 Å². The summed E-state index contributed by atoms with van der Waals surface area (Å²) >= 11 is 0. The van der Waals surface area contributed by atoms with E-state index in [1.165, 1.54) is 13.0 Å². The van der Waals surface area contributed by atoms with Gasteiger partial charge < -0.3 is 54.4 Å². The molecule has 38 heavy (non-hydrogen) atoms. The van der Waals surface area contributed by atoms with Crippen molar-refractivity contribution in [3.8, 4) is 40.1 Å². The van der Waals surface area contributed by atoms with Crippen molar-refractivity contribution in [2.24, 2.45) is 0 Å². The van der Waals surface area contributed by atoms with Crippen LogP contribution in [0.5, 0.6) is 28.7 Å². The zero-order chi connectivity index (χ0) is 27.9. The van der Waals surface area contributed by atoms with Crippen molar-refractivity contribution in [1.29, 1.82) is 0 Å². The average molecular weight is 534 g/mol. The normalized spacial score (nSPS) is 23.2. The predicted octanol–water partition coefficient (Wildman–Crippen LogP) is 0.514. The minimum absolute atomic E-state index is 0.00324. The molecule has 2 aromatic carbocycles. The molecule has 0 saturated carbocycles. The number of benzene rings is 2. The number of carbonyl (C=O) groups is 2. The van der Waals surface area contributed by atoms with E-state index in [1.54, 1.807) is 0 Å². The van der Waals surface area contributed by atoms with Crippen LogP contribution in [-0.2, 0) is 19.1 Å². The molecule has 0 spiro atoms. The van der Waals surface area contributed by atoms with Crippen molar-refractivity contribution < 1.29 is 64.0 Å². The smallest absolute Gasteiger partial charge is 0.317 e. The van der Waals surface area contributed by atoms with Crippen LogP contribution in [0.1, 0.15) is 13.3 Å². The van der Waals surface area contributed by atoms with Gasteiger partial charge in [-0.25, -0.2) is 0 Å². The van der Waals surface area contributed by atoms with E-state index in [-0.39, 0.29) is 16.9 Å². The molecular formula is C24H22O14. The second-order valence-corrected chi connectivity index (χ2v) is 8.46. The number of esters is 1. The van der Waals surface area contributed by atoms with E-state index in [2.05, 4.69) is 0 Å². The molecule has 14 nitrogen and oxygen atoms in total. The van der Waals surface area contributed by atoms with Crippen molar-refractivity contribution in [1.82, 2.24) is 0 Å². The summed E-state index contributed by atoms with van der Waals surface area (Å²) in [6.07, 6.45) is -9.16. The fourth-order valence-electron chi connectivity index (χ4n) is 3.93. The van der Waals surface area contributed by atoms with E-state index < -0.39 is 88.6 Å². The zero-order valence-corrected chi connectivity index (χ0v) is 19.5. The number of aliphatic carboxylic acids is 1. The van der Waals surface area contributed by atoms with Gasteiger partial charge in [0.2, 0.25) is 17.5 Å². The number of ether oxygens (including phenoxy) is 3. The molecule has 0 radical (unpaired) electrons. The van der Waals surface area contributed by atoms with E-state index in [4.69, 9.17) is 23.7 Å². The van der Waals surface area contributed by atoms with Gasteiger partial charge in [0, 0.05) is 17.7 Å². The summed E-state index contributed by atoms with van der Waals surface area (Å²) in [5.74, 6) is -5.83. The van der Waals surface area contributed by atoms with Gasteiger partial charge in [0.25, 0.3) is 0 Å². The van der Waals surface area contributed by atoms with E-state index >= 15 is 0 Å². The second-order valence-electron chi connectivity index (χ2n) is 8.46. The fraction of sp³-hybridized carbons (Fsp3) is 0.292. The van der Waals surface area contributed by atoms with Gasteiger partial charge in [-0.05, 0) is 25.1 Å². The number of phenolic OH excluding ortho intramolecular Hbond substituents is 4. The molecule has 1 saturated heterocycles. The maximum atomic E-state index is 13.4. The van der Waals surface area contributed by atoms with Crippen LogP contribution in [0.2, 0.25) is 0 Å². The lowest BCUT2D eigenvalue weighted by Crippen LogP contribution is -2.59. The highest BCUT2D eigenvalue weighted by Crippen LogP contribution is 2.39. The molecule has 3 aromatic rings. The summed E-state index contributed by atoms with van der Waals surface area (Å²) in [6.45, 7) is 1.33. The Balaban J connectivity index is 1.76. The summed E-state index contributed by atoms with van der Waals surface area (Å²) in [5, 5.41) is 69.2. The van der Waals surface area contributed by atoms with Gasteiger partial charge in [0.05, 0.1) is 6.10 Å². The van der Waals surface area contributed by atoms with Crippen molar-refractivity contribution >= 4 is 22.9 Å². The first-order valence-electron chi connectivity index (χ1n) is 11.0. The summed E-state index contributed by atoms with van der Waals surface area (Å²) in [5.41, 5.74) is -1.26. The molecule has 2 heterocycles. The van der Waals surface area contributed by atoms with Crippen LogP contribution in [0.3, 0.4) is 0 Å². The van der Waals surface area contributed by atoms with Gasteiger partial charge >= 0.3 is 11.9 Å². The number of aliphatic hydroxyl groups excluding tert-OH is 2. The van der Waals surface area contributed by atoms with Crippen molar-refractivity contribution in [3.63, 3.8) is 0 Å². The quantitative estimate of drug-likeness (QED) is 0.130. The predicted molar refractivity (Wildman–Crippen MR) is 124 cm³/mol. The van der Waals surface area contributed by atoms with Crippen LogP contribution in [0, 0.1) is 0 Å². The third kappa shape index (κ3) is 5.00. The monoisotopic (exact) mass is 534 g/mol. The lowest BCUT2D eigenvalue weighted by molar-refractivity contribution is -0.272. The summed E-state index contributed by atoms with van der Waals surface area (Å²) in [7, 11) is 0. The number of hydrogen-bond acceptors (Lipinski definition) is 13. The van der Waals surface area contributed by atoms with Gasteiger partial charge in [-0.2, -0.15) is 0 Å². The van der Waals surface area contributed by atoms with Gasteiger partial charge in [0.1, 0.15) is 41.1 Å². The van der Waals surface area contributed by atoms with Crippen molar-refractivity contribution in [2.75, 3.05) is 0 Å². The molecule has 0 bridgehead atoms. The molecule has 202 valence electrons. The number of carboxylic acid groups (broad SMARTS) is 1. The number of fused-ring (bicyclic) bond motifs is 1. The maximum Gasteiger partial charge on any atom is 0.317 e. The number of phenols is 4. The summed E-state index contributed by atoms with van der Waals surface area (Å²) < 4.78 is 21.7. The number of rotatable bonds is 6. The Bertz CT molecular complexity index is 1460. The first-order valence-corrected chi connectivity index (χ1v) is 11.0. The standard InChI is InChI=1S/C24H22O14/c1-8-21(37-16(31)7-15(29)30)19(33)20(34)24(35-8)38-23-18(32)17-13(28)5-10(25)6-14(17)36-22(23)9-2-3-11(26)12(27)4-9/h2-6,8,19-21,24-28,33-34H,7H2,1H3,(H,29,30)/t8-,19-,20+,21-,24-/m0/s1. The first kappa shape index (κ1) is 26.5. The highest BCUT2D eigenvalue weighted by molar-refractivity contribution is 5.90.